The molecule has 1 aromatic heterocycles. The van der Waals surface area contributed by atoms with Crippen molar-refractivity contribution in [2.75, 3.05) is 38.2 Å². The van der Waals surface area contributed by atoms with Crippen LogP contribution in [0.25, 0.3) is 0 Å². The summed E-state index contributed by atoms with van der Waals surface area (Å²) in [4.78, 5) is 27.5. The average Bonchev–Trinajstić information content (AvgIpc) is 3.35. The Morgan fingerprint density at radius 3 is 2.88 bits per heavy atom. The van der Waals surface area contributed by atoms with Crippen LogP contribution in [0.4, 0.5) is 10.2 Å². The first kappa shape index (κ1) is 29.4. The minimum Gasteiger partial charge on any atom is -0.483 e. The second kappa shape index (κ2) is 13.3. The highest BCUT2D eigenvalue weighted by Gasteiger charge is 2.50. The number of rotatable bonds is 10. The summed E-state index contributed by atoms with van der Waals surface area (Å²) in [5.41, 5.74) is 4.01. The number of carbonyl (C=O) groups is 2. The van der Waals surface area contributed by atoms with Gasteiger partial charge in [-0.3, -0.25) is 14.5 Å². The number of ether oxygens (including phenoxy) is 2. The lowest BCUT2D eigenvalue weighted by Gasteiger charge is -2.28. The highest BCUT2D eigenvalue weighted by Crippen LogP contribution is 2.58. The number of carboxylic acids is 1. The standard InChI is InChI=1S/C30H38FN3O4.CH2O2/c31-21-7-9-24(26-17-30(11-12-30)19-38-26)25(16-21)27(29(35)36)34-14-10-23(18-34)37-15-2-1-5-22-8-6-20-4-3-13-32-28(20)33-22;2-1-3/h6-9,16,23,26-27H,1-5,10-15,17-19H2,(H,32,33)(H,35,36);1H,(H,2,3)/t23-,26?,27?;/m1./s1. The Labute approximate surface area is 240 Å². The fourth-order valence-electron chi connectivity index (χ4n) is 6.37. The van der Waals surface area contributed by atoms with Gasteiger partial charge in [0.1, 0.15) is 17.7 Å². The molecule has 0 bridgehead atoms. The average molecular weight is 570 g/mol. The number of likely N-dealkylation sites (tertiary alicyclic amines) is 1. The van der Waals surface area contributed by atoms with Gasteiger partial charge in [-0.15, -0.1) is 0 Å². The number of halogens is 1. The first-order valence-electron chi connectivity index (χ1n) is 14.7. The van der Waals surface area contributed by atoms with Crippen LogP contribution >= 0.6 is 0 Å². The molecule has 1 spiro atoms. The normalized spacial score (nSPS) is 23.2. The maximum Gasteiger partial charge on any atom is 0.325 e. The van der Waals surface area contributed by atoms with Gasteiger partial charge in [-0.25, -0.2) is 9.37 Å². The van der Waals surface area contributed by atoms with E-state index >= 15 is 0 Å². The van der Waals surface area contributed by atoms with Gasteiger partial charge in [0.25, 0.3) is 6.47 Å². The molecule has 3 fully saturated rings. The van der Waals surface area contributed by atoms with E-state index < -0.39 is 17.8 Å². The second-order valence-corrected chi connectivity index (χ2v) is 11.7. The number of aryl methyl sites for hydroxylation is 2. The Balaban J connectivity index is 0.00000108. The lowest BCUT2D eigenvalue weighted by atomic mass is 9.91. The van der Waals surface area contributed by atoms with E-state index in [9.17, 15) is 14.3 Å². The summed E-state index contributed by atoms with van der Waals surface area (Å²) < 4.78 is 26.6. The zero-order chi connectivity index (χ0) is 28.8. The third kappa shape index (κ3) is 7.23. The Hall–Kier alpha value is -3.08. The fourth-order valence-corrected chi connectivity index (χ4v) is 6.37. The number of anilines is 1. The summed E-state index contributed by atoms with van der Waals surface area (Å²) in [7, 11) is 0. The molecule has 3 aliphatic heterocycles. The Morgan fingerprint density at radius 2 is 2.12 bits per heavy atom. The molecule has 1 saturated carbocycles. The maximum absolute atomic E-state index is 14.3. The summed E-state index contributed by atoms with van der Waals surface area (Å²) >= 11 is 0. The topological polar surface area (TPSA) is 121 Å². The molecule has 2 aromatic rings. The molecule has 4 heterocycles. The van der Waals surface area contributed by atoms with Crippen molar-refractivity contribution in [1.82, 2.24) is 9.88 Å². The van der Waals surface area contributed by atoms with Crippen molar-refractivity contribution in [2.24, 2.45) is 5.41 Å². The quantitative estimate of drug-likeness (QED) is 0.275. The highest BCUT2D eigenvalue weighted by atomic mass is 19.1. The van der Waals surface area contributed by atoms with Gasteiger partial charge < -0.3 is 25.0 Å². The zero-order valence-electron chi connectivity index (χ0n) is 23.4. The summed E-state index contributed by atoms with van der Waals surface area (Å²) in [5, 5.41) is 20.5. The summed E-state index contributed by atoms with van der Waals surface area (Å²) in [5.74, 6) is -0.328. The SMILES string of the molecule is O=C(O)C(c1cc(F)ccc1C1CC2(CC2)CO1)N1CC[C@@H](OCCCCc2ccc3c(n2)NCCC3)C1.O=CO. The Kier molecular flexibility index (Phi) is 9.52. The van der Waals surface area contributed by atoms with E-state index in [4.69, 9.17) is 24.4 Å². The number of nitrogens with zero attached hydrogens (tertiary/aromatic N) is 2. The number of fused-ring (bicyclic) bond motifs is 1. The lowest BCUT2D eigenvalue weighted by Crippen LogP contribution is -2.34. The molecule has 2 unspecified atom stereocenters. The second-order valence-electron chi connectivity index (χ2n) is 11.7. The van der Waals surface area contributed by atoms with Gasteiger partial charge in [0.05, 0.1) is 18.8 Å². The first-order chi connectivity index (χ1) is 19.9. The monoisotopic (exact) mass is 569 g/mol. The molecule has 3 N–H and O–H groups in total. The van der Waals surface area contributed by atoms with Crippen LogP contribution < -0.4 is 5.32 Å². The van der Waals surface area contributed by atoms with Gasteiger partial charge in [0.15, 0.2) is 0 Å². The minimum atomic E-state index is -0.955. The van der Waals surface area contributed by atoms with Gasteiger partial charge in [-0.05, 0) is 98.1 Å². The number of aromatic nitrogens is 1. The molecule has 9 nitrogen and oxygen atoms in total. The highest BCUT2D eigenvalue weighted by molar-refractivity contribution is 5.76. The number of hydrogen-bond acceptors (Lipinski definition) is 7. The minimum absolute atomic E-state index is 0.0163. The van der Waals surface area contributed by atoms with E-state index in [2.05, 4.69) is 17.4 Å². The number of unbranched alkanes of at least 4 members (excludes halogenated alkanes) is 1. The van der Waals surface area contributed by atoms with E-state index in [0.29, 0.717) is 31.9 Å². The van der Waals surface area contributed by atoms with Crippen LogP contribution in [0.3, 0.4) is 0 Å². The predicted molar refractivity (Wildman–Crippen MR) is 150 cm³/mol. The van der Waals surface area contributed by atoms with Crippen molar-refractivity contribution < 1.29 is 33.7 Å². The number of hydrogen-bond donors (Lipinski definition) is 3. The Morgan fingerprint density at radius 1 is 1.29 bits per heavy atom. The number of aliphatic carboxylic acids is 1. The van der Waals surface area contributed by atoms with Crippen molar-refractivity contribution in [2.45, 2.75) is 76.0 Å². The molecule has 1 aromatic carbocycles. The van der Waals surface area contributed by atoms with Crippen molar-refractivity contribution in [3.05, 3.63) is 58.5 Å². The van der Waals surface area contributed by atoms with Crippen LogP contribution in [-0.2, 0) is 31.9 Å². The number of pyridine rings is 1. The fraction of sp³-hybridized carbons (Fsp3) is 0.581. The van der Waals surface area contributed by atoms with Crippen LogP contribution in [0.2, 0.25) is 0 Å². The molecular weight excluding hydrogens is 529 g/mol. The summed E-state index contributed by atoms with van der Waals surface area (Å²) in [6.07, 6.45) is 8.91. The van der Waals surface area contributed by atoms with Crippen LogP contribution in [0.5, 0.6) is 0 Å². The largest absolute Gasteiger partial charge is 0.483 e. The number of carboxylic acid groups (broad SMARTS) is 2. The predicted octanol–water partition coefficient (Wildman–Crippen LogP) is 4.76. The van der Waals surface area contributed by atoms with Gasteiger partial charge in [0.2, 0.25) is 0 Å². The molecule has 3 atom stereocenters. The molecule has 1 aliphatic carbocycles. The molecule has 6 rings (SSSR count). The first-order valence-corrected chi connectivity index (χ1v) is 14.7. The van der Waals surface area contributed by atoms with Crippen molar-refractivity contribution >= 4 is 18.3 Å². The van der Waals surface area contributed by atoms with Gasteiger partial charge in [-0.1, -0.05) is 12.1 Å². The molecule has 4 aliphatic rings. The van der Waals surface area contributed by atoms with Crippen LogP contribution in [0.1, 0.15) is 79.5 Å². The smallest absolute Gasteiger partial charge is 0.325 e. The van der Waals surface area contributed by atoms with Gasteiger partial charge >= 0.3 is 5.97 Å². The van der Waals surface area contributed by atoms with Crippen molar-refractivity contribution in [3.8, 4) is 0 Å². The molecule has 0 amide bonds. The van der Waals surface area contributed by atoms with Gasteiger partial charge in [-0.2, -0.15) is 0 Å². The molecule has 10 heteroatoms. The van der Waals surface area contributed by atoms with Gasteiger partial charge in [0, 0.05) is 31.9 Å². The van der Waals surface area contributed by atoms with E-state index in [1.165, 1.54) is 17.7 Å². The molecule has 222 valence electrons. The molecular formula is C31H40FN3O6. The van der Waals surface area contributed by atoms with Crippen molar-refractivity contribution in [1.29, 1.82) is 0 Å². The number of nitrogens with one attached hydrogen (secondary N) is 1. The van der Waals surface area contributed by atoms with E-state index in [0.717, 1.165) is 81.4 Å². The molecule has 0 radical (unpaired) electrons. The third-order valence-corrected chi connectivity index (χ3v) is 8.76. The molecule has 2 saturated heterocycles. The third-order valence-electron chi connectivity index (χ3n) is 8.76. The van der Waals surface area contributed by atoms with Crippen molar-refractivity contribution in [3.63, 3.8) is 0 Å². The summed E-state index contributed by atoms with van der Waals surface area (Å²) in [6, 6.07) is 7.97. The lowest BCUT2D eigenvalue weighted by molar-refractivity contribution is -0.143. The van der Waals surface area contributed by atoms with Crippen LogP contribution in [0.15, 0.2) is 30.3 Å². The Bertz CT molecular complexity index is 1220. The maximum atomic E-state index is 14.3. The number of benzene rings is 1. The van der Waals surface area contributed by atoms with E-state index in [-0.39, 0.29) is 24.1 Å². The molecule has 41 heavy (non-hydrogen) atoms. The zero-order valence-corrected chi connectivity index (χ0v) is 23.4. The van der Waals surface area contributed by atoms with E-state index in [1.54, 1.807) is 6.07 Å². The van der Waals surface area contributed by atoms with Crippen LogP contribution in [0, 0.1) is 11.2 Å². The summed E-state index contributed by atoms with van der Waals surface area (Å²) in [6.45, 7) is 3.24. The van der Waals surface area contributed by atoms with E-state index in [1.807, 2.05) is 4.90 Å². The van der Waals surface area contributed by atoms with Crippen LogP contribution in [-0.4, -0.2) is 71.5 Å².